The Bertz CT molecular complexity index is 1020. The molecule has 0 atom stereocenters. The smallest absolute Gasteiger partial charge is 0.278 e. The highest BCUT2D eigenvalue weighted by molar-refractivity contribution is 7.09. The monoisotopic (exact) mass is 397 g/mol. The first-order valence-electron chi connectivity index (χ1n) is 8.58. The number of hydrogen-bond donors (Lipinski definition) is 0. The second kappa shape index (κ2) is 8.62. The molecule has 7 nitrogen and oxygen atoms in total. The van der Waals surface area contributed by atoms with Crippen molar-refractivity contribution in [3.05, 3.63) is 85.4 Å². The summed E-state index contributed by atoms with van der Waals surface area (Å²) in [6.45, 7) is 4.36. The van der Waals surface area contributed by atoms with E-state index in [0.29, 0.717) is 11.1 Å². The van der Waals surface area contributed by atoms with Crippen LogP contribution in [0, 0.1) is 24.0 Å². The lowest BCUT2D eigenvalue weighted by molar-refractivity contribution is -0.385. The van der Waals surface area contributed by atoms with Crippen LogP contribution in [0.3, 0.4) is 0 Å². The van der Waals surface area contributed by atoms with E-state index in [1.165, 1.54) is 17.2 Å². The number of nitro benzene ring substituents is 1. The number of aromatic nitrogens is 1. The van der Waals surface area contributed by atoms with Gasteiger partial charge in [0.2, 0.25) is 5.78 Å². The molecule has 144 valence electrons. The van der Waals surface area contributed by atoms with Gasteiger partial charge in [-0.3, -0.25) is 14.9 Å². The SMILES string of the molecule is Cc1cc(C(=O)CO/N=C/c2ccccc2[N+](=O)[O-])c(C)n1Cc1cccs1. The van der Waals surface area contributed by atoms with Crippen molar-refractivity contribution in [2.24, 2.45) is 5.16 Å². The molecule has 0 aliphatic carbocycles. The van der Waals surface area contributed by atoms with E-state index in [9.17, 15) is 14.9 Å². The molecule has 0 N–H and O–H groups in total. The molecule has 0 amide bonds. The largest absolute Gasteiger partial charge is 0.387 e. The minimum atomic E-state index is -0.491. The lowest BCUT2D eigenvalue weighted by Crippen LogP contribution is -2.09. The quantitative estimate of drug-likeness (QED) is 0.245. The normalized spacial score (nSPS) is 11.1. The number of rotatable bonds is 8. The minimum Gasteiger partial charge on any atom is -0.387 e. The summed E-state index contributed by atoms with van der Waals surface area (Å²) in [5.74, 6) is -0.190. The molecule has 0 saturated carbocycles. The predicted molar refractivity (Wildman–Crippen MR) is 108 cm³/mol. The van der Waals surface area contributed by atoms with E-state index in [0.717, 1.165) is 17.9 Å². The molecular weight excluding hydrogens is 378 g/mol. The highest BCUT2D eigenvalue weighted by atomic mass is 32.1. The number of nitrogens with zero attached hydrogens (tertiary/aromatic N) is 3. The Hall–Kier alpha value is -3.26. The van der Waals surface area contributed by atoms with Crippen LogP contribution in [0.2, 0.25) is 0 Å². The molecule has 0 fully saturated rings. The molecule has 0 saturated heterocycles. The Labute approximate surface area is 166 Å². The van der Waals surface area contributed by atoms with Crippen LogP contribution >= 0.6 is 11.3 Å². The summed E-state index contributed by atoms with van der Waals surface area (Å²) in [5.41, 5.74) is 2.71. The number of nitro groups is 1. The summed E-state index contributed by atoms with van der Waals surface area (Å²) >= 11 is 1.67. The maximum Gasteiger partial charge on any atom is 0.278 e. The fourth-order valence-electron chi connectivity index (χ4n) is 2.92. The first-order valence-corrected chi connectivity index (χ1v) is 9.46. The third-order valence-electron chi connectivity index (χ3n) is 4.36. The number of thiophene rings is 1. The van der Waals surface area contributed by atoms with Gasteiger partial charge in [0.1, 0.15) is 0 Å². The molecule has 1 aromatic carbocycles. The maximum atomic E-state index is 12.5. The number of carbonyl (C=O) groups is 1. The number of ketones is 1. The van der Waals surface area contributed by atoms with Crippen LogP contribution in [0.25, 0.3) is 0 Å². The Kier molecular flexibility index (Phi) is 6.00. The van der Waals surface area contributed by atoms with Crippen molar-refractivity contribution in [1.82, 2.24) is 4.57 Å². The maximum absolute atomic E-state index is 12.5. The molecule has 2 aromatic heterocycles. The van der Waals surface area contributed by atoms with Gasteiger partial charge in [-0.2, -0.15) is 0 Å². The third kappa shape index (κ3) is 4.34. The summed E-state index contributed by atoms with van der Waals surface area (Å²) in [7, 11) is 0. The summed E-state index contributed by atoms with van der Waals surface area (Å²) in [5, 5.41) is 16.7. The number of oxime groups is 1. The number of aryl methyl sites for hydroxylation is 1. The van der Waals surface area contributed by atoms with Crippen molar-refractivity contribution in [3.8, 4) is 0 Å². The lowest BCUT2D eigenvalue weighted by atomic mass is 10.1. The van der Waals surface area contributed by atoms with Gasteiger partial charge in [-0.1, -0.05) is 23.4 Å². The molecule has 3 aromatic rings. The van der Waals surface area contributed by atoms with E-state index in [1.807, 2.05) is 31.4 Å². The van der Waals surface area contributed by atoms with Gasteiger partial charge in [-0.15, -0.1) is 11.3 Å². The summed E-state index contributed by atoms with van der Waals surface area (Å²) < 4.78 is 2.09. The zero-order chi connectivity index (χ0) is 20.1. The summed E-state index contributed by atoms with van der Waals surface area (Å²) in [4.78, 5) is 29.3. The van der Waals surface area contributed by atoms with Gasteiger partial charge in [0.05, 0.1) is 23.2 Å². The molecule has 3 rings (SSSR count). The minimum absolute atomic E-state index is 0.0710. The molecule has 0 aliphatic rings. The topological polar surface area (TPSA) is 86.7 Å². The van der Waals surface area contributed by atoms with Gasteiger partial charge in [-0.05, 0) is 37.4 Å². The van der Waals surface area contributed by atoms with Crippen LogP contribution in [0.15, 0.2) is 53.0 Å². The standard InChI is InChI=1S/C20H19N3O4S/c1-14-10-18(15(2)22(14)12-17-7-5-9-28-17)20(24)13-27-21-11-16-6-3-4-8-19(16)23(25)26/h3-11H,12-13H2,1-2H3/b21-11+. The predicted octanol–water partition coefficient (Wildman–Crippen LogP) is 4.36. The highest BCUT2D eigenvalue weighted by Gasteiger charge is 2.17. The zero-order valence-electron chi connectivity index (χ0n) is 15.5. The highest BCUT2D eigenvalue weighted by Crippen LogP contribution is 2.20. The fourth-order valence-corrected chi connectivity index (χ4v) is 3.61. The van der Waals surface area contributed by atoms with Gasteiger partial charge in [0.15, 0.2) is 6.61 Å². The average molecular weight is 397 g/mol. The molecule has 0 radical (unpaired) electrons. The molecule has 0 bridgehead atoms. The summed E-state index contributed by atoms with van der Waals surface area (Å²) in [6.07, 6.45) is 1.24. The molecule has 28 heavy (non-hydrogen) atoms. The molecule has 2 heterocycles. The molecule has 0 unspecified atom stereocenters. The Morgan fingerprint density at radius 3 is 2.79 bits per heavy atom. The van der Waals surface area contributed by atoms with Crippen molar-refractivity contribution in [3.63, 3.8) is 0 Å². The van der Waals surface area contributed by atoms with Gasteiger partial charge in [0.25, 0.3) is 5.69 Å². The van der Waals surface area contributed by atoms with Crippen LogP contribution < -0.4 is 0 Å². The van der Waals surface area contributed by atoms with Crippen molar-refractivity contribution >= 4 is 29.0 Å². The van der Waals surface area contributed by atoms with Crippen LogP contribution in [0.5, 0.6) is 0 Å². The molecule has 8 heteroatoms. The van der Waals surface area contributed by atoms with E-state index in [4.69, 9.17) is 4.84 Å². The van der Waals surface area contributed by atoms with Gasteiger partial charge in [-0.25, -0.2) is 0 Å². The second-order valence-corrected chi connectivity index (χ2v) is 7.23. The lowest BCUT2D eigenvalue weighted by Gasteiger charge is -2.08. The zero-order valence-corrected chi connectivity index (χ0v) is 16.3. The number of carbonyl (C=O) groups excluding carboxylic acids is 1. The van der Waals surface area contributed by atoms with Crippen LogP contribution in [-0.2, 0) is 11.4 Å². The number of Topliss-reactive ketones (excluding diaryl/α,β-unsaturated/α-hetero) is 1. The van der Waals surface area contributed by atoms with Crippen LogP contribution in [0.1, 0.15) is 32.2 Å². The number of para-hydroxylation sites is 1. The fraction of sp³-hybridized carbons (Fsp3) is 0.200. The first kappa shape index (κ1) is 19.5. The summed E-state index contributed by atoms with van der Waals surface area (Å²) in [6, 6.07) is 12.1. The van der Waals surface area contributed by atoms with E-state index < -0.39 is 4.92 Å². The van der Waals surface area contributed by atoms with Crippen molar-refractivity contribution in [2.75, 3.05) is 6.61 Å². The second-order valence-electron chi connectivity index (χ2n) is 6.20. The molecule has 0 aliphatic heterocycles. The van der Waals surface area contributed by atoms with E-state index in [2.05, 4.69) is 15.8 Å². The van der Waals surface area contributed by atoms with Gasteiger partial charge >= 0.3 is 0 Å². The number of hydrogen-bond acceptors (Lipinski definition) is 6. The molecular formula is C20H19N3O4S. The van der Waals surface area contributed by atoms with Crippen LogP contribution in [0.4, 0.5) is 5.69 Å². The van der Waals surface area contributed by atoms with E-state index in [-0.39, 0.29) is 18.1 Å². The van der Waals surface area contributed by atoms with E-state index >= 15 is 0 Å². The first-order chi connectivity index (χ1) is 13.5. The van der Waals surface area contributed by atoms with Crippen molar-refractivity contribution in [1.29, 1.82) is 0 Å². The average Bonchev–Trinajstić information content (AvgIpc) is 3.29. The van der Waals surface area contributed by atoms with Crippen molar-refractivity contribution in [2.45, 2.75) is 20.4 Å². The van der Waals surface area contributed by atoms with Gasteiger partial charge in [0, 0.05) is 27.9 Å². The Morgan fingerprint density at radius 2 is 2.07 bits per heavy atom. The van der Waals surface area contributed by atoms with Crippen molar-refractivity contribution < 1.29 is 14.6 Å². The van der Waals surface area contributed by atoms with E-state index in [1.54, 1.807) is 29.5 Å². The third-order valence-corrected chi connectivity index (χ3v) is 5.22. The number of benzene rings is 1. The van der Waals surface area contributed by atoms with Crippen LogP contribution in [-0.4, -0.2) is 28.1 Å². The Morgan fingerprint density at radius 1 is 1.29 bits per heavy atom. The molecule has 0 spiro atoms. The van der Waals surface area contributed by atoms with Gasteiger partial charge < -0.3 is 9.40 Å². The Balaban J connectivity index is 1.65.